The number of nitrogens with zero attached hydrogens (tertiary/aromatic N) is 5. The van der Waals surface area contributed by atoms with E-state index in [-0.39, 0.29) is 30.6 Å². The molecule has 2 amide bonds. The summed E-state index contributed by atoms with van der Waals surface area (Å²) >= 11 is 0. The van der Waals surface area contributed by atoms with Crippen LogP contribution < -0.4 is 5.73 Å². The van der Waals surface area contributed by atoms with Crippen LogP contribution in [0.1, 0.15) is 44.6 Å². The molecule has 2 heterocycles. The fraction of sp³-hybridized carbons (Fsp3) is 0.484. The van der Waals surface area contributed by atoms with E-state index in [0.717, 1.165) is 18.7 Å². The van der Waals surface area contributed by atoms with Crippen molar-refractivity contribution < 1.29 is 18.0 Å². The summed E-state index contributed by atoms with van der Waals surface area (Å²) in [5, 5.41) is 0. The fourth-order valence-corrected chi connectivity index (χ4v) is 5.28. The van der Waals surface area contributed by atoms with Gasteiger partial charge in [-0.2, -0.15) is 0 Å². The number of carbonyl (C=O) groups is 1. The normalized spacial score (nSPS) is 16.0. The molecule has 7 nitrogen and oxygen atoms in total. The van der Waals surface area contributed by atoms with E-state index in [1.165, 1.54) is 24.3 Å². The van der Waals surface area contributed by atoms with Gasteiger partial charge in [0.15, 0.2) is 0 Å². The van der Waals surface area contributed by atoms with Crippen LogP contribution in [0.3, 0.4) is 0 Å². The predicted molar refractivity (Wildman–Crippen MR) is 155 cm³/mol. The van der Waals surface area contributed by atoms with Crippen molar-refractivity contribution in [2.24, 2.45) is 11.1 Å². The Labute approximate surface area is 240 Å². The molecule has 4 rings (SSSR count). The maximum Gasteiger partial charge on any atom is 0.320 e. The van der Waals surface area contributed by atoms with Gasteiger partial charge in [0.2, 0.25) is 0 Å². The van der Waals surface area contributed by atoms with Crippen LogP contribution >= 0.6 is 0 Å². The first-order chi connectivity index (χ1) is 19.5. The molecule has 1 fully saturated rings. The minimum absolute atomic E-state index is 0.156. The SMILES string of the molecule is CN1CCN(C(=O)N(CC[C@@H](N)CF)[C@@H](c2nc(-c3cccc(F)c3)cn2Cc2cccc(F)c2)C(C)(C)C)CC1. The van der Waals surface area contributed by atoms with Crippen molar-refractivity contribution in [3.8, 4) is 11.3 Å². The van der Waals surface area contributed by atoms with Crippen molar-refractivity contribution >= 4 is 6.03 Å². The Kier molecular flexibility index (Phi) is 9.76. The first kappa shape index (κ1) is 30.6. The fourth-order valence-electron chi connectivity index (χ4n) is 5.28. The van der Waals surface area contributed by atoms with Crippen molar-refractivity contribution in [2.45, 2.75) is 45.8 Å². The third-order valence-electron chi connectivity index (χ3n) is 7.50. The van der Waals surface area contributed by atoms with Crippen molar-refractivity contribution in [3.63, 3.8) is 0 Å². The molecule has 222 valence electrons. The summed E-state index contributed by atoms with van der Waals surface area (Å²) in [4.78, 5) is 24.9. The third-order valence-corrected chi connectivity index (χ3v) is 7.50. The summed E-state index contributed by atoms with van der Waals surface area (Å²) in [6, 6.07) is 11.1. The number of amides is 2. The summed E-state index contributed by atoms with van der Waals surface area (Å²) in [6.45, 7) is 8.58. The van der Waals surface area contributed by atoms with E-state index in [1.807, 2.05) is 49.5 Å². The second kappa shape index (κ2) is 13.1. The molecule has 0 saturated carbocycles. The van der Waals surface area contributed by atoms with Gasteiger partial charge in [0, 0.05) is 57.1 Å². The van der Waals surface area contributed by atoms with E-state index in [2.05, 4.69) is 4.90 Å². The average molecular weight is 571 g/mol. The van der Waals surface area contributed by atoms with Crippen LogP contribution in [-0.2, 0) is 6.54 Å². The second-order valence-corrected chi connectivity index (χ2v) is 12.0. The number of rotatable bonds is 9. The van der Waals surface area contributed by atoms with E-state index < -0.39 is 24.2 Å². The van der Waals surface area contributed by atoms with E-state index in [1.54, 1.807) is 23.1 Å². The van der Waals surface area contributed by atoms with E-state index in [4.69, 9.17) is 10.7 Å². The summed E-state index contributed by atoms with van der Waals surface area (Å²) < 4.78 is 43.7. The molecule has 2 aromatic carbocycles. The molecule has 1 aliphatic rings. The van der Waals surface area contributed by atoms with E-state index in [0.29, 0.717) is 36.7 Å². The Balaban J connectivity index is 1.83. The Morgan fingerprint density at radius 2 is 1.71 bits per heavy atom. The van der Waals surface area contributed by atoms with Crippen LogP contribution in [0.15, 0.2) is 54.7 Å². The lowest BCUT2D eigenvalue weighted by Gasteiger charge is -2.43. The van der Waals surface area contributed by atoms with Gasteiger partial charge in [0.05, 0.1) is 11.7 Å². The smallest absolute Gasteiger partial charge is 0.320 e. The van der Waals surface area contributed by atoms with Gasteiger partial charge < -0.3 is 25.0 Å². The zero-order valence-corrected chi connectivity index (χ0v) is 24.4. The standard InChI is InChI=1S/C31H41F3N6O/c1-31(2,3)28(40(12-11-26(35)19-32)30(41)38-15-13-37(4)14-16-38)29-36-27(23-8-6-10-25(34)18-23)21-39(29)20-22-7-5-9-24(33)17-22/h5-10,17-18,21,26,28H,11-16,19-20,35H2,1-4H3/t26-,28+/m1/s1. The predicted octanol–water partition coefficient (Wildman–Crippen LogP) is 5.32. The topological polar surface area (TPSA) is 70.6 Å². The number of likely N-dealkylation sites (N-methyl/N-ethyl adjacent to an activating group) is 1. The first-order valence-electron chi connectivity index (χ1n) is 14.1. The third kappa shape index (κ3) is 7.68. The molecule has 0 radical (unpaired) electrons. The lowest BCUT2D eigenvalue weighted by molar-refractivity contribution is 0.0691. The quantitative estimate of drug-likeness (QED) is 0.378. The maximum absolute atomic E-state index is 14.2. The van der Waals surface area contributed by atoms with Gasteiger partial charge in [-0.3, -0.25) is 0 Å². The number of piperazine rings is 1. The first-order valence-corrected chi connectivity index (χ1v) is 14.1. The number of hydrogen-bond acceptors (Lipinski definition) is 4. The molecular formula is C31H41F3N6O. The Bertz CT molecular complexity index is 1320. The van der Waals surface area contributed by atoms with Crippen LogP contribution in [-0.4, -0.2) is 82.8 Å². The van der Waals surface area contributed by atoms with Gasteiger partial charge in [-0.1, -0.05) is 45.0 Å². The number of alkyl halides is 1. The summed E-state index contributed by atoms with van der Waals surface area (Å²) in [6.07, 6.45) is 2.10. The Morgan fingerprint density at radius 3 is 2.32 bits per heavy atom. The van der Waals surface area contributed by atoms with E-state index in [9.17, 15) is 18.0 Å². The maximum atomic E-state index is 14.2. The van der Waals surface area contributed by atoms with Crippen LogP contribution in [0, 0.1) is 17.0 Å². The van der Waals surface area contributed by atoms with Gasteiger partial charge in [-0.05, 0) is 48.7 Å². The number of hydrogen-bond donors (Lipinski definition) is 1. The number of urea groups is 1. The zero-order valence-electron chi connectivity index (χ0n) is 24.4. The van der Waals surface area contributed by atoms with E-state index >= 15 is 0 Å². The molecule has 2 N–H and O–H groups in total. The molecule has 1 aliphatic heterocycles. The molecule has 41 heavy (non-hydrogen) atoms. The molecule has 0 spiro atoms. The van der Waals surface area contributed by atoms with Gasteiger partial charge in [0.25, 0.3) is 0 Å². The van der Waals surface area contributed by atoms with Crippen LogP contribution in [0.25, 0.3) is 11.3 Å². The number of halogens is 3. The number of imidazole rings is 1. The Morgan fingerprint density at radius 1 is 1.05 bits per heavy atom. The minimum Gasteiger partial charge on any atom is -0.328 e. The van der Waals surface area contributed by atoms with Crippen molar-refractivity contribution in [2.75, 3.05) is 46.4 Å². The lowest BCUT2D eigenvalue weighted by atomic mass is 9.84. The molecule has 0 unspecified atom stereocenters. The average Bonchev–Trinajstić information content (AvgIpc) is 3.32. The molecule has 1 saturated heterocycles. The van der Waals surface area contributed by atoms with Gasteiger partial charge in [-0.15, -0.1) is 0 Å². The summed E-state index contributed by atoms with van der Waals surface area (Å²) in [5.74, 6) is -0.158. The largest absolute Gasteiger partial charge is 0.328 e. The summed E-state index contributed by atoms with van der Waals surface area (Å²) in [5.41, 5.74) is 7.33. The van der Waals surface area contributed by atoms with Crippen molar-refractivity contribution in [1.29, 1.82) is 0 Å². The van der Waals surface area contributed by atoms with Gasteiger partial charge >= 0.3 is 6.03 Å². The number of benzene rings is 2. The highest BCUT2D eigenvalue weighted by molar-refractivity contribution is 5.75. The Hall–Kier alpha value is -3.37. The lowest BCUT2D eigenvalue weighted by Crippen LogP contribution is -2.55. The minimum atomic E-state index is -0.701. The van der Waals surface area contributed by atoms with Crippen molar-refractivity contribution in [1.82, 2.24) is 24.3 Å². The molecule has 1 aromatic heterocycles. The highest BCUT2D eigenvalue weighted by Crippen LogP contribution is 2.40. The molecular weight excluding hydrogens is 529 g/mol. The molecule has 10 heteroatoms. The summed E-state index contributed by atoms with van der Waals surface area (Å²) in [7, 11) is 2.02. The number of nitrogens with two attached hydrogens (primary N) is 1. The monoisotopic (exact) mass is 570 g/mol. The number of carbonyl (C=O) groups excluding carboxylic acids is 1. The van der Waals surface area contributed by atoms with Gasteiger partial charge in [0.1, 0.15) is 24.1 Å². The van der Waals surface area contributed by atoms with Crippen LogP contribution in [0.4, 0.5) is 18.0 Å². The van der Waals surface area contributed by atoms with Crippen LogP contribution in [0.5, 0.6) is 0 Å². The molecule has 0 aliphatic carbocycles. The molecule has 2 atom stereocenters. The second-order valence-electron chi connectivity index (χ2n) is 12.0. The molecule has 3 aromatic rings. The molecule has 0 bridgehead atoms. The van der Waals surface area contributed by atoms with Crippen LogP contribution in [0.2, 0.25) is 0 Å². The highest BCUT2D eigenvalue weighted by Gasteiger charge is 2.40. The van der Waals surface area contributed by atoms with Crippen molar-refractivity contribution in [3.05, 3.63) is 77.8 Å². The zero-order chi connectivity index (χ0) is 29.7. The number of aromatic nitrogens is 2. The highest BCUT2D eigenvalue weighted by atomic mass is 19.1. The van der Waals surface area contributed by atoms with Gasteiger partial charge in [-0.25, -0.2) is 22.9 Å².